The molecule has 2 atom stereocenters. The smallest absolute Gasteiger partial charge is 0.319 e. The van der Waals surface area contributed by atoms with Gasteiger partial charge in [-0.15, -0.1) is 0 Å². The number of urea groups is 1. The Morgan fingerprint density at radius 3 is 3.05 bits per heavy atom. The second-order valence-electron chi connectivity index (χ2n) is 5.70. The average molecular weight is 299 g/mol. The van der Waals surface area contributed by atoms with Gasteiger partial charge in [-0.25, -0.2) is 4.79 Å². The van der Waals surface area contributed by atoms with Gasteiger partial charge >= 0.3 is 6.03 Å². The molecule has 2 rings (SSSR count). The van der Waals surface area contributed by atoms with Crippen molar-refractivity contribution < 1.29 is 19.1 Å². The van der Waals surface area contributed by atoms with Gasteiger partial charge in [0.25, 0.3) is 0 Å². The van der Waals surface area contributed by atoms with Crippen LogP contribution in [0, 0.1) is 5.92 Å². The highest BCUT2D eigenvalue weighted by molar-refractivity contribution is 5.87. The second-order valence-corrected chi connectivity index (χ2v) is 5.70. The monoisotopic (exact) mass is 299 g/mol. The number of ether oxygens (including phenoxy) is 2. The topological polar surface area (TPSA) is 71.1 Å². The molecule has 0 saturated carbocycles. The first-order chi connectivity index (χ1) is 10.1. The van der Waals surface area contributed by atoms with Gasteiger partial charge in [-0.1, -0.05) is 0 Å². The Bertz CT molecular complexity index is 371. The predicted molar refractivity (Wildman–Crippen MR) is 76.7 cm³/mol. The van der Waals surface area contributed by atoms with Gasteiger partial charge in [0.05, 0.1) is 19.9 Å². The first-order valence-electron chi connectivity index (χ1n) is 7.51. The molecule has 2 heterocycles. The third kappa shape index (κ3) is 4.31. The molecule has 0 spiro atoms. The molecule has 0 aromatic carbocycles. The molecule has 0 radical (unpaired) electrons. The molecule has 2 saturated heterocycles. The summed E-state index contributed by atoms with van der Waals surface area (Å²) in [5.74, 6) is 0.321. The third-order valence-electron chi connectivity index (χ3n) is 4.13. The van der Waals surface area contributed by atoms with Crippen molar-refractivity contribution >= 4 is 11.9 Å². The number of methoxy groups -OCH3 is 1. The molecule has 21 heavy (non-hydrogen) atoms. The molecule has 7 heteroatoms. The lowest BCUT2D eigenvalue weighted by Gasteiger charge is -2.29. The molecule has 0 aromatic rings. The highest BCUT2D eigenvalue weighted by Crippen LogP contribution is 2.17. The molecule has 2 unspecified atom stereocenters. The molecule has 0 aromatic heterocycles. The van der Waals surface area contributed by atoms with E-state index in [0.29, 0.717) is 32.3 Å². The van der Waals surface area contributed by atoms with Crippen molar-refractivity contribution in [1.29, 1.82) is 0 Å². The van der Waals surface area contributed by atoms with E-state index in [-0.39, 0.29) is 24.5 Å². The molecule has 2 aliphatic heterocycles. The molecule has 120 valence electrons. The van der Waals surface area contributed by atoms with Gasteiger partial charge in [-0.2, -0.15) is 0 Å². The fourth-order valence-corrected chi connectivity index (χ4v) is 2.69. The Morgan fingerprint density at radius 1 is 1.57 bits per heavy atom. The van der Waals surface area contributed by atoms with Gasteiger partial charge in [0, 0.05) is 32.2 Å². The zero-order valence-electron chi connectivity index (χ0n) is 12.8. The number of hydrogen-bond acceptors (Lipinski definition) is 4. The number of nitrogens with one attached hydrogen (secondary N) is 1. The fourth-order valence-electron chi connectivity index (χ4n) is 2.69. The van der Waals surface area contributed by atoms with E-state index in [4.69, 9.17) is 9.47 Å². The van der Waals surface area contributed by atoms with Gasteiger partial charge in [-0.05, 0) is 19.8 Å². The summed E-state index contributed by atoms with van der Waals surface area (Å²) in [6.45, 7) is 4.98. The number of nitrogens with zero attached hydrogens (tertiary/aromatic N) is 2. The van der Waals surface area contributed by atoms with E-state index in [1.807, 2.05) is 6.92 Å². The molecule has 0 aliphatic carbocycles. The summed E-state index contributed by atoms with van der Waals surface area (Å²) < 4.78 is 10.4. The lowest BCUT2D eigenvalue weighted by atomic mass is 9.95. The van der Waals surface area contributed by atoms with Crippen LogP contribution in [0.4, 0.5) is 4.79 Å². The zero-order valence-corrected chi connectivity index (χ0v) is 12.8. The Labute approximate surface area is 125 Å². The number of rotatable bonds is 5. The maximum Gasteiger partial charge on any atom is 0.319 e. The standard InChI is InChI=1S/C14H25N3O4/c1-11(12-4-3-6-21-9-12)15-14(19)17-8-13(18)16(10-17)5-7-20-2/h11-12H,3-10H2,1-2H3,(H,15,19). The SMILES string of the molecule is COCCN1CN(C(=O)NC(C)C2CCCOC2)CC1=O. The lowest BCUT2D eigenvalue weighted by molar-refractivity contribution is -0.127. The summed E-state index contributed by atoms with van der Waals surface area (Å²) >= 11 is 0. The predicted octanol–water partition coefficient (Wildman–Crippen LogP) is 0.259. The zero-order chi connectivity index (χ0) is 15.2. The minimum Gasteiger partial charge on any atom is -0.383 e. The van der Waals surface area contributed by atoms with Crippen LogP contribution >= 0.6 is 0 Å². The van der Waals surface area contributed by atoms with Crippen LogP contribution in [-0.2, 0) is 14.3 Å². The molecule has 7 nitrogen and oxygen atoms in total. The maximum absolute atomic E-state index is 12.2. The first-order valence-corrected chi connectivity index (χ1v) is 7.51. The molecular formula is C14H25N3O4. The van der Waals surface area contributed by atoms with Crippen molar-refractivity contribution in [2.24, 2.45) is 5.92 Å². The summed E-state index contributed by atoms with van der Waals surface area (Å²) in [4.78, 5) is 27.2. The quantitative estimate of drug-likeness (QED) is 0.790. The van der Waals surface area contributed by atoms with Crippen molar-refractivity contribution in [3.63, 3.8) is 0 Å². The summed E-state index contributed by atoms with van der Waals surface area (Å²) in [5, 5.41) is 2.99. The molecule has 1 N–H and O–H groups in total. The van der Waals surface area contributed by atoms with Gasteiger partial charge < -0.3 is 19.7 Å². The van der Waals surface area contributed by atoms with Crippen LogP contribution in [0.25, 0.3) is 0 Å². The normalized spacial score (nSPS) is 24.3. The van der Waals surface area contributed by atoms with Crippen LogP contribution < -0.4 is 5.32 Å². The van der Waals surface area contributed by atoms with Crippen LogP contribution in [0.1, 0.15) is 19.8 Å². The van der Waals surface area contributed by atoms with E-state index in [9.17, 15) is 9.59 Å². The van der Waals surface area contributed by atoms with Crippen LogP contribution in [0.5, 0.6) is 0 Å². The fraction of sp³-hybridized carbons (Fsp3) is 0.857. The van der Waals surface area contributed by atoms with Gasteiger partial charge in [-0.3, -0.25) is 9.69 Å². The minimum absolute atomic E-state index is 0.0316. The Balaban J connectivity index is 1.79. The molecule has 0 bridgehead atoms. The first kappa shape index (κ1) is 16.0. The highest BCUT2D eigenvalue weighted by atomic mass is 16.5. The molecule has 2 fully saturated rings. The van der Waals surface area contributed by atoms with Gasteiger partial charge in [0.2, 0.25) is 5.91 Å². The Morgan fingerprint density at radius 2 is 2.38 bits per heavy atom. The van der Waals surface area contributed by atoms with Crippen molar-refractivity contribution in [3.05, 3.63) is 0 Å². The highest BCUT2D eigenvalue weighted by Gasteiger charge is 2.32. The van der Waals surface area contributed by atoms with Gasteiger partial charge in [0.15, 0.2) is 0 Å². The van der Waals surface area contributed by atoms with Crippen LogP contribution in [0.2, 0.25) is 0 Å². The van der Waals surface area contributed by atoms with E-state index in [1.165, 1.54) is 4.90 Å². The largest absolute Gasteiger partial charge is 0.383 e. The number of carbonyl (C=O) groups is 2. The summed E-state index contributed by atoms with van der Waals surface area (Å²) in [5.41, 5.74) is 0. The summed E-state index contributed by atoms with van der Waals surface area (Å²) in [6, 6.07) is -0.123. The van der Waals surface area contributed by atoms with Crippen molar-refractivity contribution in [2.45, 2.75) is 25.8 Å². The summed E-state index contributed by atoms with van der Waals surface area (Å²) in [6.07, 6.45) is 2.11. The minimum atomic E-state index is -0.179. The maximum atomic E-state index is 12.2. The van der Waals surface area contributed by atoms with Gasteiger partial charge in [0.1, 0.15) is 6.54 Å². The third-order valence-corrected chi connectivity index (χ3v) is 4.13. The number of hydrogen-bond donors (Lipinski definition) is 1. The second kappa shape index (κ2) is 7.61. The number of amides is 3. The van der Waals surface area contributed by atoms with Crippen LogP contribution in [-0.4, -0.2) is 74.5 Å². The Hall–Kier alpha value is -1.34. The molecular weight excluding hydrogens is 274 g/mol. The molecule has 2 aliphatic rings. The van der Waals surface area contributed by atoms with E-state index in [1.54, 1.807) is 12.0 Å². The van der Waals surface area contributed by atoms with Crippen molar-refractivity contribution in [3.8, 4) is 0 Å². The van der Waals surface area contributed by atoms with E-state index in [2.05, 4.69) is 5.32 Å². The number of carbonyl (C=O) groups excluding carboxylic acids is 2. The van der Waals surface area contributed by atoms with E-state index < -0.39 is 0 Å². The van der Waals surface area contributed by atoms with E-state index >= 15 is 0 Å². The molecule has 3 amide bonds. The average Bonchev–Trinajstić information content (AvgIpc) is 2.87. The van der Waals surface area contributed by atoms with E-state index in [0.717, 1.165) is 19.4 Å². The van der Waals surface area contributed by atoms with Crippen molar-refractivity contribution in [1.82, 2.24) is 15.1 Å². The summed E-state index contributed by atoms with van der Waals surface area (Å²) in [7, 11) is 1.60. The van der Waals surface area contributed by atoms with Crippen molar-refractivity contribution in [2.75, 3.05) is 46.7 Å². The Kier molecular flexibility index (Phi) is 5.81. The van der Waals surface area contributed by atoms with Crippen LogP contribution in [0.15, 0.2) is 0 Å². The lowest BCUT2D eigenvalue weighted by Crippen LogP contribution is -2.47. The van der Waals surface area contributed by atoms with Crippen LogP contribution in [0.3, 0.4) is 0 Å².